The minimum absolute atomic E-state index is 0.471. The standard InChI is InChI=1S/C13H14N4/c1-2-8-6-11(8)17-10-5-3-4-9(7-14)12(10)16-13(17)15/h3-5,8,11H,2,6H2,1H3,(H2,15,16). The first-order chi connectivity index (χ1) is 8.26. The van der Waals surface area contributed by atoms with E-state index < -0.39 is 0 Å². The van der Waals surface area contributed by atoms with Crippen LogP contribution in [0.3, 0.4) is 0 Å². The molecular weight excluding hydrogens is 212 g/mol. The maximum Gasteiger partial charge on any atom is 0.201 e. The number of anilines is 1. The second-order valence-corrected chi connectivity index (χ2v) is 4.60. The lowest BCUT2D eigenvalue weighted by Gasteiger charge is -2.04. The number of fused-ring (bicyclic) bond motifs is 1. The third kappa shape index (κ3) is 1.39. The van der Waals surface area contributed by atoms with Crippen LogP contribution in [0, 0.1) is 17.2 Å². The molecule has 3 rings (SSSR count). The molecule has 17 heavy (non-hydrogen) atoms. The van der Waals surface area contributed by atoms with Gasteiger partial charge in [-0.05, 0) is 24.5 Å². The molecule has 1 aliphatic carbocycles. The summed E-state index contributed by atoms with van der Waals surface area (Å²) in [5.74, 6) is 1.24. The Morgan fingerprint density at radius 3 is 3.06 bits per heavy atom. The van der Waals surface area contributed by atoms with E-state index in [1.807, 2.05) is 12.1 Å². The largest absolute Gasteiger partial charge is 0.369 e. The van der Waals surface area contributed by atoms with Gasteiger partial charge in [-0.2, -0.15) is 5.26 Å². The van der Waals surface area contributed by atoms with Gasteiger partial charge in [0.2, 0.25) is 5.95 Å². The van der Waals surface area contributed by atoms with E-state index in [0.29, 0.717) is 23.5 Å². The molecule has 0 radical (unpaired) electrons. The molecule has 2 atom stereocenters. The summed E-state index contributed by atoms with van der Waals surface area (Å²) in [6.07, 6.45) is 2.34. The Hall–Kier alpha value is -2.02. The summed E-state index contributed by atoms with van der Waals surface area (Å²) in [4.78, 5) is 4.33. The molecular formula is C13H14N4. The van der Waals surface area contributed by atoms with Crippen molar-refractivity contribution in [3.05, 3.63) is 23.8 Å². The second kappa shape index (κ2) is 3.49. The van der Waals surface area contributed by atoms with Crippen molar-refractivity contribution in [2.45, 2.75) is 25.8 Å². The van der Waals surface area contributed by atoms with Crippen LogP contribution < -0.4 is 5.73 Å². The van der Waals surface area contributed by atoms with E-state index in [9.17, 15) is 0 Å². The van der Waals surface area contributed by atoms with Crippen molar-refractivity contribution in [3.8, 4) is 6.07 Å². The van der Waals surface area contributed by atoms with E-state index in [4.69, 9.17) is 11.0 Å². The minimum Gasteiger partial charge on any atom is -0.369 e. The number of nitrogen functional groups attached to an aromatic ring is 1. The molecule has 1 aliphatic rings. The number of nitriles is 1. The van der Waals surface area contributed by atoms with E-state index >= 15 is 0 Å². The number of aromatic nitrogens is 2. The normalized spacial score (nSPS) is 22.6. The number of rotatable bonds is 2. The van der Waals surface area contributed by atoms with Gasteiger partial charge in [0.05, 0.1) is 11.1 Å². The quantitative estimate of drug-likeness (QED) is 0.855. The van der Waals surface area contributed by atoms with E-state index in [2.05, 4.69) is 22.5 Å². The number of imidazole rings is 1. The van der Waals surface area contributed by atoms with Gasteiger partial charge in [0.1, 0.15) is 11.6 Å². The lowest BCUT2D eigenvalue weighted by atomic mass is 10.2. The Balaban J connectivity index is 2.20. The van der Waals surface area contributed by atoms with Crippen LogP contribution in [0.2, 0.25) is 0 Å². The summed E-state index contributed by atoms with van der Waals surface area (Å²) in [6, 6.07) is 8.30. The fourth-order valence-corrected chi connectivity index (χ4v) is 2.56. The molecule has 1 saturated carbocycles. The number of nitrogens with zero attached hydrogens (tertiary/aromatic N) is 3. The first-order valence-corrected chi connectivity index (χ1v) is 5.92. The smallest absolute Gasteiger partial charge is 0.201 e. The van der Waals surface area contributed by atoms with Crippen LogP contribution in [0.1, 0.15) is 31.4 Å². The molecule has 0 spiro atoms. The fourth-order valence-electron chi connectivity index (χ4n) is 2.56. The number of nitrogens with two attached hydrogens (primary N) is 1. The molecule has 4 heteroatoms. The van der Waals surface area contributed by atoms with Gasteiger partial charge >= 0.3 is 0 Å². The number of para-hydroxylation sites is 1. The monoisotopic (exact) mass is 226 g/mol. The predicted molar refractivity (Wildman–Crippen MR) is 66.3 cm³/mol. The van der Waals surface area contributed by atoms with Gasteiger partial charge in [0.15, 0.2) is 0 Å². The Morgan fingerprint density at radius 2 is 2.41 bits per heavy atom. The highest BCUT2D eigenvalue weighted by atomic mass is 15.2. The Kier molecular flexibility index (Phi) is 2.08. The van der Waals surface area contributed by atoms with Crippen LogP contribution in [-0.4, -0.2) is 9.55 Å². The Bertz CT molecular complexity index is 620. The zero-order valence-electron chi connectivity index (χ0n) is 9.72. The predicted octanol–water partition coefficient (Wildman–Crippen LogP) is 2.46. The summed E-state index contributed by atoms with van der Waals surface area (Å²) in [5.41, 5.74) is 8.30. The van der Waals surface area contributed by atoms with Crippen LogP contribution in [0.25, 0.3) is 11.0 Å². The van der Waals surface area contributed by atoms with E-state index in [1.165, 1.54) is 12.8 Å². The zero-order chi connectivity index (χ0) is 12.0. The van der Waals surface area contributed by atoms with Crippen LogP contribution in [-0.2, 0) is 0 Å². The molecule has 1 aromatic heterocycles. The molecule has 0 saturated heterocycles. The van der Waals surface area contributed by atoms with Gasteiger partial charge in [-0.3, -0.25) is 0 Å². The average molecular weight is 226 g/mol. The molecule has 1 heterocycles. The van der Waals surface area contributed by atoms with Crippen molar-refractivity contribution >= 4 is 17.0 Å². The van der Waals surface area contributed by atoms with Crippen LogP contribution >= 0.6 is 0 Å². The summed E-state index contributed by atoms with van der Waals surface area (Å²) in [5, 5.41) is 9.05. The third-order valence-corrected chi connectivity index (χ3v) is 3.61. The lowest BCUT2D eigenvalue weighted by molar-refractivity contribution is 0.661. The van der Waals surface area contributed by atoms with E-state index in [0.717, 1.165) is 11.0 Å². The van der Waals surface area contributed by atoms with Gasteiger partial charge in [0.25, 0.3) is 0 Å². The van der Waals surface area contributed by atoms with Gasteiger partial charge in [-0.25, -0.2) is 4.98 Å². The van der Waals surface area contributed by atoms with Crippen LogP contribution in [0.5, 0.6) is 0 Å². The highest BCUT2D eigenvalue weighted by Crippen LogP contribution is 2.48. The SMILES string of the molecule is CCC1CC1n1c(N)nc2c(C#N)cccc21. The average Bonchev–Trinajstić information content (AvgIpc) is 3.03. The lowest BCUT2D eigenvalue weighted by Crippen LogP contribution is -2.02. The molecule has 4 nitrogen and oxygen atoms in total. The van der Waals surface area contributed by atoms with Crippen LogP contribution in [0.4, 0.5) is 5.95 Å². The molecule has 86 valence electrons. The highest BCUT2D eigenvalue weighted by Gasteiger charge is 2.39. The topological polar surface area (TPSA) is 67.6 Å². The first kappa shape index (κ1) is 10.2. The molecule has 1 aromatic carbocycles. The highest BCUT2D eigenvalue weighted by molar-refractivity contribution is 5.84. The second-order valence-electron chi connectivity index (χ2n) is 4.60. The summed E-state index contributed by atoms with van der Waals surface area (Å²) >= 11 is 0. The minimum atomic E-state index is 0.471. The molecule has 0 amide bonds. The Morgan fingerprint density at radius 1 is 1.59 bits per heavy atom. The van der Waals surface area contributed by atoms with Gasteiger partial charge in [-0.15, -0.1) is 0 Å². The van der Waals surface area contributed by atoms with Crippen molar-refractivity contribution in [3.63, 3.8) is 0 Å². The maximum atomic E-state index is 9.05. The van der Waals surface area contributed by atoms with Gasteiger partial charge in [-0.1, -0.05) is 19.4 Å². The zero-order valence-corrected chi connectivity index (χ0v) is 9.72. The molecule has 2 aromatic rings. The fraction of sp³-hybridized carbons (Fsp3) is 0.385. The van der Waals surface area contributed by atoms with Gasteiger partial charge < -0.3 is 10.3 Å². The number of hydrogen-bond donors (Lipinski definition) is 1. The van der Waals surface area contributed by atoms with Gasteiger partial charge in [0, 0.05) is 6.04 Å². The molecule has 2 N–H and O–H groups in total. The number of benzene rings is 1. The summed E-state index contributed by atoms with van der Waals surface area (Å²) in [6.45, 7) is 2.20. The molecule has 0 aliphatic heterocycles. The van der Waals surface area contributed by atoms with Crippen molar-refractivity contribution in [1.29, 1.82) is 5.26 Å². The molecule has 1 fully saturated rings. The van der Waals surface area contributed by atoms with Crippen molar-refractivity contribution < 1.29 is 0 Å². The summed E-state index contributed by atoms with van der Waals surface area (Å²) < 4.78 is 2.09. The summed E-state index contributed by atoms with van der Waals surface area (Å²) in [7, 11) is 0. The maximum absolute atomic E-state index is 9.05. The Labute approximate surface area is 99.7 Å². The van der Waals surface area contributed by atoms with Crippen molar-refractivity contribution in [2.75, 3.05) is 5.73 Å². The van der Waals surface area contributed by atoms with E-state index in [1.54, 1.807) is 6.07 Å². The van der Waals surface area contributed by atoms with Crippen LogP contribution in [0.15, 0.2) is 18.2 Å². The first-order valence-electron chi connectivity index (χ1n) is 5.92. The molecule has 2 unspecified atom stereocenters. The molecule has 0 bridgehead atoms. The van der Waals surface area contributed by atoms with Crippen molar-refractivity contribution in [2.24, 2.45) is 5.92 Å². The number of hydrogen-bond acceptors (Lipinski definition) is 3. The third-order valence-electron chi connectivity index (χ3n) is 3.61. The van der Waals surface area contributed by atoms with Crippen molar-refractivity contribution in [1.82, 2.24) is 9.55 Å². The van der Waals surface area contributed by atoms with E-state index in [-0.39, 0.29) is 0 Å².